The Balaban J connectivity index is 1.74. The van der Waals surface area contributed by atoms with Crippen molar-refractivity contribution in [3.05, 3.63) is 77.3 Å². The van der Waals surface area contributed by atoms with E-state index in [9.17, 15) is 8.42 Å². The van der Waals surface area contributed by atoms with Crippen molar-refractivity contribution < 1.29 is 13.2 Å². The minimum absolute atomic E-state index is 0.0906. The summed E-state index contributed by atoms with van der Waals surface area (Å²) >= 11 is 3.40. The van der Waals surface area contributed by atoms with E-state index in [-0.39, 0.29) is 10.7 Å². The van der Waals surface area contributed by atoms with Crippen LogP contribution in [-0.4, -0.2) is 25.5 Å². The molecule has 0 bridgehead atoms. The van der Waals surface area contributed by atoms with Gasteiger partial charge in [0.15, 0.2) is 11.6 Å². The van der Waals surface area contributed by atoms with Gasteiger partial charge in [-0.15, -0.1) is 0 Å². The van der Waals surface area contributed by atoms with Gasteiger partial charge in [-0.3, -0.25) is 4.72 Å². The van der Waals surface area contributed by atoms with Crippen LogP contribution in [0.3, 0.4) is 0 Å². The van der Waals surface area contributed by atoms with E-state index >= 15 is 0 Å². The lowest BCUT2D eigenvalue weighted by molar-refractivity contribution is 0.414. The lowest BCUT2D eigenvalue weighted by Crippen LogP contribution is -2.16. The fraction of sp³-hybridized carbons (Fsp3) is 0.0476. The van der Waals surface area contributed by atoms with Gasteiger partial charge in [0.1, 0.15) is 5.75 Å². The molecule has 0 aliphatic heterocycles. The molecule has 0 atom stereocenters. The van der Waals surface area contributed by atoms with Gasteiger partial charge in [0.25, 0.3) is 10.0 Å². The number of hydrogen-bond acceptors (Lipinski definition) is 6. The van der Waals surface area contributed by atoms with Gasteiger partial charge in [0, 0.05) is 10.2 Å². The summed E-state index contributed by atoms with van der Waals surface area (Å²) in [4.78, 5) is 9.14. The maximum atomic E-state index is 12.9. The predicted molar refractivity (Wildman–Crippen MR) is 121 cm³/mol. The number of aromatic nitrogens is 2. The fourth-order valence-electron chi connectivity index (χ4n) is 2.77. The summed E-state index contributed by atoms with van der Waals surface area (Å²) in [5, 5.41) is 3.14. The van der Waals surface area contributed by atoms with E-state index < -0.39 is 10.0 Å². The van der Waals surface area contributed by atoms with Gasteiger partial charge in [0.2, 0.25) is 0 Å². The Kier molecular flexibility index (Phi) is 5.56. The number of anilines is 3. The van der Waals surface area contributed by atoms with Gasteiger partial charge in [-0.2, -0.15) is 0 Å². The number of para-hydroxylation sites is 2. The van der Waals surface area contributed by atoms with Crippen LogP contribution in [0.2, 0.25) is 0 Å². The predicted octanol–water partition coefficient (Wildman–Crippen LogP) is 4.95. The molecule has 7 nitrogen and oxygen atoms in total. The maximum absolute atomic E-state index is 12.9. The van der Waals surface area contributed by atoms with Crippen LogP contribution in [0.15, 0.2) is 82.2 Å². The summed E-state index contributed by atoms with van der Waals surface area (Å²) in [6.07, 6.45) is 0. The molecular weight excluding hydrogens is 468 g/mol. The molecule has 4 aromatic rings. The van der Waals surface area contributed by atoms with E-state index in [0.717, 1.165) is 10.2 Å². The summed E-state index contributed by atoms with van der Waals surface area (Å²) in [6, 6.07) is 20.8. The van der Waals surface area contributed by atoms with Gasteiger partial charge in [-0.05, 0) is 60.7 Å². The number of hydrogen-bond donors (Lipinski definition) is 2. The lowest BCUT2D eigenvalue weighted by Gasteiger charge is -2.14. The van der Waals surface area contributed by atoms with Crippen molar-refractivity contribution in [2.45, 2.75) is 4.90 Å². The van der Waals surface area contributed by atoms with Crippen LogP contribution in [0.4, 0.5) is 17.3 Å². The highest BCUT2D eigenvalue weighted by atomic mass is 79.9. The molecule has 4 rings (SSSR count). The Labute approximate surface area is 182 Å². The Morgan fingerprint density at radius 2 is 1.43 bits per heavy atom. The maximum Gasteiger partial charge on any atom is 0.263 e. The molecule has 3 aromatic carbocycles. The fourth-order valence-corrected chi connectivity index (χ4v) is 4.04. The largest absolute Gasteiger partial charge is 0.497 e. The Hall–Kier alpha value is -3.17. The Morgan fingerprint density at radius 1 is 0.833 bits per heavy atom. The molecule has 0 spiro atoms. The second-order valence-corrected chi connectivity index (χ2v) is 8.92. The van der Waals surface area contributed by atoms with Crippen molar-refractivity contribution in [3.63, 3.8) is 0 Å². The molecule has 30 heavy (non-hydrogen) atoms. The van der Waals surface area contributed by atoms with Gasteiger partial charge < -0.3 is 10.1 Å². The van der Waals surface area contributed by atoms with Crippen molar-refractivity contribution >= 4 is 54.3 Å². The van der Waals surface area contributed by atoms with E-state index in [2.05, 4.69) is 35.9 Å². The third-order valence-corrected chi connectivity index (χ3v) is 6.16. The minimum Gasteiger partial charge on any atom is -0.497 e. The first-order chi connectivity index (χ1) is 14.4. The normalized spacial score (nSPS) is 11.3. The Bertz CT molecular complexity index is 1290. The summed E-state index contributed by atoms with van der Waals surface area (Å²) in [6.45, 7) is 0. The van der Waals surface area contributed by atoms with Crippen molar-refractivity contribution in [2.75, 3.05) is 17.1 Å². The molecule has 0 saturated heterocycles. The number of nitrogens with zero attached hydrogens (tertiary/aromatic N) is 2. The number of nitrogens with one attached hydrogen (secondary N) is 2. The van der Waals surface area contributed by atoms with Gasteiger partial charge >= 0.3 is 0 Å². The minimum atomic E-state index is -3.88. The zero-order valence-electron chi connectivity index (χ0n) is 15.8. The molecule has 0 unspecified atom stereocenters. The van der Waals surface area contributed by atoms with Crippen LogP contribution in [-0.2, 0) is 10.0 Å². The highest BCUT2D eigenvalue weighted by Gasteiger charge is 2.19. The second-order valence-electron chi connectivity index (χ2n) is 6.32. The Morgan fingerprint density at radius 3 is 2.03 bits per heavy atom. The smallest absolute Gasteiger partial charge is 0.263 e. The third kappa shape index (κ3) is 4.37. The molecule has 0 saturated carbocycles. The highest BCUT2D eigenvalue weighted by Crippen LogP contribution is 2.28. The lowest BCUT2D eigenvalue weighted by atomic mass is 10.3. The third-order valence-electron chi connectivity index (χ3n) is 4.28. The van der Waals surface area contributed by atoms with Gasteiger partial charge in [-0.1, -0.05) is 28.1 Å². The molecule has 0 aliphatic rings. The van der Waals surface area contributed by atoms with Crippen molar-refractivity contribution in [1.29, 1.82) is 0 Å². The van der Waals surface area contributed by atoms with Crippen LogP contribution in [0, 0.1) is 0 Å². The summed E-state index contributed by atoms with van der Waals surface area (Å²) in [5.41, 5.74) is 1.96. The second kappa shape index (κ2) is 8.29. The monoisotopic (exact) mass is 484 g/mol. The topological polar surface area (TPSA) is 93.2 Å². The average Bonchev–Trinajstić information content (AvgIpc) is 2.75. The number of methoxy groups -OCH3 is 1. The van der Waals surface area contributed by atoms with E-state index in [1.807, 2.05) is 42.5 Å². The number of fused-ring (bicyclic) bond motifs is 1. The number of rotatable bonds is 6. The van der Waals surface area contributed by atoms with E-state index in [1.54, 1.807) is 18.2 Å². The summed E-state index contributed by atoms with van der Waals surface area (Å²) in [5.74, 6) is 0.970. The van der Waals surface area contributed by atoms with Gasteiger partial charge in [0.05, 0.1) is 23.0 Å². The van der Waals surface area contributed by atoms with Crippen LogP contribution in [0.25, 0.3) is 11.0 Å². The molecule has 2 N–H and O–H groups in total. The molecule has 0 amide bonds. The highest BCUT2D eigenvalue weighted by molar-refractivity contribution is 9.10. The molecule has 1 heterocycles. The molecule has 152 valence electrons. The van der Waals surface area contributed by atoms with Crippen LogP contribution < -0.4 is 14.8 Å². The first-order valence-electron chi connectivity index (χ1n) is 8.91. The molecule has 9 heteroatoms. The van der Waals surface area contributed by atoms with Crippen molar-refractivity contribution in [1.82, 2.24) is 9.97 Å². The summed E-state index contributed by atoms with van der Waals surface area (Å²) in [7, 11) is -2.36. The molecule has 0 fully saturated rings. The van der Waals surface area contributed by atoms with E-state index in [0.29, 0.717) is 22.6 Å². The molecule has 0 radical (unpaired) electrons. The standard InChI is InChI=1S/C21H17BrN4O3S/c1-29-16-10-12-17(13-11-16)30(27,28)26-21-20(23-15-8-6-14(22)7-9-15)24-18-4-2-3-5-19(18)25-21/h2-13H,1H3,(H,23,24)(H,25,26). The van der Waals surface area contributed by atoms with Crippen LogP contribution in [0.1, 0.15) is 0 Å². The first-order valence-corrected chi connectivity index (χ1v) is 11.2. The van der Waals surface area contributed by atoms with E-state index in [1.165, 1.54) is 19.2 Å². The molecule has 1 aromatic heterocycles. The first kappa shape index (κ1) is 20.1. The molecule has 0 aliphatic carbocycles. The van der Waals surface area contributed by atoms with Gasteiger partial charge in [-0.25, -0.2) is 18.4 Å². The number of benzene rings is 3. The quantitative estimate of drug-likeness (QED) is 0.402. The van der Waals surface area contributed by atoms with Crippen LogP contribution in [0.5, 0.6) is 5.75 Å². The molecular formula is C21H17BrN4O3S. The zero-order chi connectivity index (χ0) is 21.1. The summed E-state index contributed by atoms with van der Waals surface area (Å²) < 4.78 is 34.4. The number of sulfonamides is 1. The zero-order valence-corrected chi connectivity index (χ0v) is 18.2. The number of ether oxygens (including phenoxy) is 1. The number of halogens is 1. The van der Waals surface area contributed by atoms with Crippen LogP contribution >= 0.6 is 15.9 Å². The van der Waals surface area contributed by atoms with Crippen molar-refractivity contribution in [3.8, 4) is 5.75 Å². The van der Waals surface area contributed by atoms with E-state index in [4.69, 9.17) is 4.74 Å². The average molecular weight is 485 g/mol. The SMILES string of the molecule is COc1ccc(S(=O)(=O)Nc2nc3ccccc3nc2Nc2ccc(Br)cc2)cc1. The van der Waals surface area contributed by atoms with Crippen molar-refractivity contribution in [2.24, 2.45) is 0 Å².